The SMILES string of the molecule is CCCN1c2ccc(Cl)cc2Sc2ccc(C(C)(C)C#N)cc21.CNC. The zero-order valence-electron chi connectivity index (χ0n) is 16.1. The highest BCUT2D eigenvalue weighted by molar-refractivity contribution is 7.99. The van der Waals surface area contributed by atoms with Crippen LogP contribution in [0.3, 0.4) is 0 Å². The average Bonchev–Trinajstić information content (AvgIpc) is 2.61. The van der Waals surface area contributed by atoms with E-state index in [2.05, 4.69) is 47.5 Å². The lowest BCUT2D eigenvalue weighted by molar-refractivity contribution is 0.685. The number of nitrogens with zero attached hydrogens (tertiary/aromatic N) is 2. The third kappa shape index (κ3) is 4.35. The summed E-state index contributed by atoms with van der Waals surface area (Å²) in [5.41, 5.74) is 2.95. The van der Waals surface area contributed by atoms with E-state index >= 15 is 0 Å². The molecule has 0 aliphatic carbocycles. The lowest BCUT2D eigenvalue weighted by atomic mass is 9.86. The first-order valence-corrected chi connectivity index (χ1v) is 9.96. The van der Waals surface area contributed by atoms with Crippen LogP contribution >= 0.6 is 23.4 Å². The molecule has 5 heteroatoms. The normalized spacial score (nSPS) is 12.4. The lowest BCUT2D eigenvalue weighted by Crippen LogP contribution is -2.23. The first kappa shape index (κ1) is 20.6. The molecule has 1 aliphatic heterocycles. The Kier molecular flexibility index (Phi) is 7.00. The fraction of sp³-hybridized carbons (Fsp3) is 0.381. The molecule has 0 radical (unpaired) electrons. The monoisotopic (exact) mass is 387 g/mol. The van der Waals surface area contributed by atoms with Gasteiger partial charge in [-0.05, 0) is 70.3 Å². The molecule has 0 atom stereocenters. The van der Waals surface area contributed by atoms with E-state index < -0.39 is 5.41 Å². The summed E-state index contributed by atoms with van der Waals surface area (Å²) in [5.74, 6) is 0. The fourth-order valence-electron chi connectivity index (χ4n) is 2.77. The summed E-state index contributed by atoms with van der Waals surface area (Å²) in [5, 5.41) is 12.9. The number of nitriles is 1. The van der Waals surface area contributed by atoms with E-state index in [0.29, 0.717) is 0 Å². The molecule has 1 heterocycles. The van der Waals surface area contributed by atoms with Gasteiger partial charge in [0.2, 0.25) is 0 Å². The minimum atomic E-state index is -0.488. The van der Waals surface area contributed by atoms with Gasteiger partial charge in [-0.25, -0.2) is 0 Å². The van der Waals surface area contributed by atoms with Gasteiger partial charge in [0.05, 0.1) is 22.9 Å². The summed E-state index contributed by atoms with van der Waals surface area (Å²) in [6, 6.07) is 14.8. The van der Waals surface area contributed by atoms with Crippen molar-refractivity contribution in [2.45, 2.75) is 42.4 Å². The van der Waals surface area contributed by atoms with Gasteiger partial charge in [-0.3, -0.25) is 0 Å². The van der Waals surface area contributed by atoms with E-state index in [1.165, 1.54) is 21.2 Å². The van der Waals surface area contributed by atoms with Crippen molar-refractivity contribution in [2.24, 2.45) is 0 Å². The van der Waals surface area contributed by atoms with Crippen LogP contribution in [0.2, 0.25) is 5.02 Å². The van der Waals surface area contributed by atoms with E-state index in [-0.39, 0.29) is 0 Å². The molecule has 0 bridgehead atoms. The van der Waals surface area contributed by atoms with Gasteiger partial charge in [-0.15, -0.1) is 0 Å². The second-order valence-electron chi connectivity index (χ2n) is 6.79. The van der Waals surface area contributed by atoms with Crippen molar-refractivity contribution in [2.75, 3.05) is 25.5 Å². The molecule has 2 aromatic rings. The molecule has 26 heavy (non-hydrogen) atoms. The van der Waals surface area contributed by atoms with Gasteiger partial charge in [-0.1, -0.05) is 36.4 Å². The van der Waals surface area contributed by atoms with E-state index in [0.717, 1.165) is 23.6 Å². The number of benzene rings is 2. The molecule has 1 aliphatic rings. The zero-order chi connectivity index (χ0) is 19.3. The minimum Gasteiger partial charge on any atom is -0.340 e. The van der Waals surface area contributed by atoms with Crippen molar-refractivity contribution in [3.05, 3.63) is 47.0 Å². The summed E-state index contributed by atoms with van der Waals surface area (Å²) in [6.07, 6.45) is 1.05. The Morgan fingerprint density at radius 2 is 1.81 bits per heavy atom. The quantitative estimate of drug-likeness (QED) is 0.702. The predicted molar refractivity (Wildman–Crippen MR) is 113 cm³/mol. The third-order valence-corrected chi connectivity index (χ3v) is 5.48. The maximum atomic E-state index is 9.43. The topological polar surface area (TPSA) is 39.1 Å². The Bertz CT molecular complexity index is 811. The molecule has 0 unspecified atom stereocenters. The van der Waals surface area contributed by atoms with Crippen LogP contribution in [0.25, 0.3) is 0 Å². The Balaban J connectivity index is 0.000000758. The number of nitrogens with one attached hydrogen (secondary N) is 1. The summed E-state index contributed by atoms with van der Waals surface area (Å²) >= 11 is 7.91. The molecule has 0 spiro atoms. The number of halogens is 1. The average molecular weight is 388 g/mol. The number of hydrogen-bond donors (Lipinski definition) is 1. The molecular weight excluding hydrogens is 362 g/mol. The van der Waals surface area contributed by atoms with Crippen molar-refractivity contribution in [1.82, 2.24) is 5.32 Å². The highest BCUT2D eigenvalue weighted by Crippen LogP contribution is 2.49. The summed E-state index contributed by atoms with van der Waals surface area (Å²) < 4.78 is 0. The van der Waals surface area contributed by atoms with Gasteiger partial charge >= 0.3 is 0 Å². The smallest absolute Gasteiger partial charge is 0.0767 e. The van der Waals surface area contributed by atoms with E-state index in [4.69, 9.17) is 11.6 Å². The molecule has 0 saturated heterocycles. The van der Waals surface area contributed by atoms with Crippen LogP contribution in [-0.2, 0) is 5.41 Å². The number of rotatable bonds is 3. The minimum absolute atomic E-state index is 0.488. The second-order valence-corrected chi connectivity index (χ2v) is 8.31. The molecule has 1 N–H and O–H groups in total. The fourth-order valence-corrected chi connectivity index (χ4v) is 4.13. The Morgan fingerprint density at radius 3 is 2.42 bits per heavy atom. The van der Waals surface area contributed by atoms with Crippen LogP contribution < -0.4 is 10.2 Å². The highest BCUT2D eigenvalue weighted by atomic mass is 35.5. The molecule has 0 saturated carbocycles. The number of hydrogen-bond acceptors (Lipinski definition) is 4. The van der Waals surface area contributed by atoms with Gasteiger partial charge in [0, 0.05) is 21.4 Å². The molecule has 0 aromatic heterocycles. The van der Waals surface area contributed by atoms with Crippen molar-refractivity contribution >= 4 is 34.7 Å². The number of anilines is 2. The van der Waals surface area contributed by atoms with E-state index in [1.807, 2.05) is 40.1 Å². The van der Waals surface area contributed by atoms with Crippen LogP contribution in [0.15, 0.2) is 46.2 Å². The molecule has 3 nitrogen and oxygen atoms in total. The standard InChI is InChI=1S/C19H19ClN2S.C2H7N/c1-4-9-22-15-7-6-14(20)11-18(15)23-17-8-5-13(10-16(17)22)19(2,3)12-21;1-3-2/h5-8,10-11H,4,9H2,1-3H3;3H,1-2H3. The third-order valence-electron chi connectivity index (χ3n) is 4.13. The van der Waals surface area contributed by atoms with Crippen molar-refractivity contribution in [1.29, 1.82) is 5.26 Å². The van der Waals surface area contributed by atoms with Crippen LogP contribution in [0.5, 0.6) is 0 Å². The zero-order valence-corrected chi connectivity index (χ0v) is 17.6. The molecular formula is C21H26ClN3S. The van der Waals surface area contributed by atoms with Crippen molar-refractivity contribution in [3.8, 4) is 6.07 Å². The van der Waals surface area contributed by atoms with Crippen molar-refractivity contribution < 1.29 is 0 Å². The lowest BCUT2D eigenvalue weighted by Gasteiger charge is -2.34. The van der Waals surface area contributed by atoms with E-state index in [9.17, 15) is 5.26 Å². The number of fused-ring (bicyclic) bond motifs is 2. The van der Waals surface area contributed by atoms with Crippen LogP contribution in [0.4, 0.5) is 11.4 Å². The van der Waals surface area contributed by atoms with Gasteiger partial charge in [0.15, 0.2) is 0 Å². The Morgan fingerprint density at radius 1 is 1.12 bits per heavy atom. The predicted octanol–water partition coefficient (Wildman–Crippen LogP) is 5.99. The van der Waals surface area contributed by atoms with Gasteiger partial charge in [-0.2, -0.15) is 5.26 Å². The summed E-state index contributed by atoms with van der Waals surface area (Å²) in [7, 11) is 3.75. The van der Waals surface area contributed by atoms with Crippen LogP contribution in [-0.4, -0.2) is 20.6 Å². The first-order chi connectivity index (χ1) is 12.4. The Hall–Kier alpha value is -1.67. The van der Waals surface area contributed by atoms with Gasteiger partial charge in [0.25, 0.3) is 0 Å². The molecule has 0 amide bonds. The molecule has 0 fully saturated rings. The van der Waals surface area contributed by atoms with Crippen LogP contribution in [0.1, 0.15) is 32.8 Å². The van der Waals surface area contributed by atoms with Gasteiger partial charge in [0.1, 0.15) is 0 Å². The summed E-state index contributed by atoms with van der Waals surface area (Å²) in [6.45, 7) is 7.05. The second kappa shape index (κ2) is 8.81. The molecule has 3 rings (SSSR count). The highest BCUT2D eigenvalue weighted by Gasteiger charge is 2.27. The first-order valence-electron chi connectivity index (χ1n) is 8.77. The van der Waals surface area contributed by atoms with Gasteiger partial charge < -0.3 is 10.2 Å². The maximum Gasteiger partial charge on any atom is 0.0767 e. The Labute approximate surface area is 166 Å². The van der Waals surface area contributed by atoms with Crippen LogP contribution in [0, 0.1) is 11.3 Å². The summed E-state index contributed by atoms with van der Waals surface area (Å²) in [4.78, 5) is 4.74. The molecule has 2 aromatic carbocycles. The van der Waals surface area contributed by atoms with E-state index in [1.54, 1.807) is 11.8 Å². The maximum absolute atomic E-state index is 9.43. The molecule has 138 valence electrons. The van der Waals surface area contributed by atoms with Crippen molar-refractivity contribution in [3.63, 3.8) is 0 Å². The largest absolute Gasteiger partial charge is 0.340 e.